The van der Waals surface area contributed by atoms with Gasteiger partial charge in [0.05, 0.1) is 23.0 Å². The van der Waals surface area contributed by atoms with Crippen molar-refractivity contribution in [1.29, 1.82) is 0 Å². The van der Waals surface area contributed by atoms with E-state index in [0.717, 1.165) is 0 Å². The predicted octanol–water partition coefficient (Wildman–Crippen LogP) is 2.72. The van der Waals surface area contributed by atoms with Crippen molar-refractivity contribution in [3.63, 3.8) is 0 Å². The third kappa shape index (κ3) is 4.03. The van der Waals surface area contributed by atoms with Gasteiger partial charge in [-0.25, -0.2) is 0 Å². The fraction of sp³-hybridized carbons (Fsp3) is 0.333. The Labute approximate surface area is 151 Å². The standard InChI is InChI=1S/C18H20ClN3O3/c1-13(17(23)20-15-6-3-2-5-14(15)19)21-8-10-22(11-9-21)18(24)16-7-4-12-25-16/h2-7,12-13H,8-11H2,1H3,(H,20,23). The third-order valence-electron chi connectivity index (χ3n) is 4.39. The lowest BCUT2D eigenvalue weighted by Crippen LogP contribution is -2.54. The van der Waals surface area contributed by atoms with Crippen molar-refractivity contribution in [3.8, 4) is 0 Å². The number of benzene rings is 1. The van der Waals surface area contributed by atoms with E-state index < -0.39 is 0 Å². The number of amides is 2. The Morgan fingerprint density at radius 2 is 1.84 bits per heavy atom. The van der Waals surface area contributed by atoms with Crippen molar-refractivity contribution in [3.05, 3.63) is 53.4 Å². The number of para-hydroxylation sites is 1. The first-order valence-corrected chi connectivity index (χ1v) is 8.56. The zero-order valence-electron chi connectivity index (χ0n) is 13.9. The van der Waals surface area contributed by atoms with Crippen LogP contribution in [0, 0.1) is 0 Å². The average Bonchev–Trinajstić information content (AvgIpc) is 3.17. The summed E-state index contributed by atoms with van der Waals surface area (Å²) < 4.78 is 5.16. The molecule has 1 aliphatic heterocycles. The zero-order chi connectivity index (χ0) is 17.8. The Bertz CT molecular complexity index is 740. The van der Waals surface area contributed by atoms with E-state index >= 15 is 0 Å². The molecule has 1 atom stereocenters. The second kappa shape index (κ2) is 7.72. The summed E-state index contributed by atoms with van der Waals surface area (Å²) in [5, 5.41) is 3.37. The van der Waals surface area contributed by atoms with Crippen LogP contribution in [-0.2, 0) is 4.79 Å². The summed E-state index contributed by atoms with van der Waals surface area (Å²) in [6.45, 7) is 4.23. The van der Waals surface area contributed by atoms with Crippen LogP contribution in [-0.4, -0.2) is 53.8 Å². The van der Waals surface area contributed by atoms with Crippen LogP contribution < -0.4 is 5.32 Å². The first-order chi connectivity index (χ1) is 12.1. The van der Waals surface area contributed by atoms with Gasteiger partial charge in [-0.2, -0.15) is 0 Å². The molecule has 0 saturated carbocycles. The number of anilines is 1. The summed E-state index contributed by atoms with van der Waals surface area (Å²) in [4.78, 5) is 28.5. The fourth-order valence-corrected chi connectivity index (χ4v) is 3.02. The van der Waals surface area contributed by atoms with E-state index in [1.807, 2.05) is 19.1 Å². The fourth-order valence-electron chi connectivity index (χ4n) is 2.83. The van der Waals surface area contributed by atoms with E-state index in [4.69, 9.17) is 16.0 Å². The molecule has 2 amide bonds. The Morgan fingerprint density at radius 3 is 2.48 bits per heavy atom. The molecule has 1 aliphatic rings. The molecule has 0 bridgehead atoms. The molecule has 2 heterocycles. The highest BCUT2D eigenvalue weighted by Gasteiger charge is 2.28. The van der Waals surface area contributed by atoms with Crippen molar-refractivity contribution in [2.24, 2.45) is 0 Å². The molecule has 1 aromatic carbocycles. The van der Waals surface area contributed by atoms with Crippen LogP contribution in [0.3, 0.4) is 0 Å². The lowest BCUT2D eigenvalue weighted by atomic mass is 10.2. The maximum Gasteiger partial charge on any atom is 0.289 e. The van der Waals surface area contributed by atoms with Gasteiger partial charge >= 0.3 is 0 Å². The summed E-state index contributed by atoms with van der Waals surface area (Å²) in [5.74, 6) is 0.120. The molecule has 1 saturated heterocycles. The van der Waals surface area contributed by atoms with Crippen LogP contribution in [0.5, 0.6) is 0 Å². The number of carbonyl (C=O) groups excluding carboxylic acids is 2. The predicted molar refractivity (Wildman–Crippen MR) is 95.7 cm³/mol. The number of furan rings is 1. The van der Waals surface area contributed by atoms with Crippen molar-refractivity contribution in [2.45, 2.75) is 13.0 Å². The molecule has 3 rings (SSSR count). The minimum absolute atomic E-state index is 0.112. The van der Waals surface area contributed by atoms with Crippen molar-refractivity contribution < 1.29 is 14.0 Å². The number of carbonyl (C=O) groups is 2. The van der Waals surface area contributed by atoms with E-state index in [-0.39, 0.29) is 17.9 Å². The molecule has 132 valence electrons. The SMILES string of the molecule is CC(C(=O)Nc1ccccc1Cl)N1CCN(C(=O)c2ccco2)CC1. The van der Waals surface area contributed by atoms with E-state index in [2.05, 4.69) is 10.2 Å². The highest BCUT2D eigenvalue weighted by molar-refractivity contribution is 6.33. The minimum atomic E-state index is -0.308. The van der Waals surface area contributed by atoms with E-state index in [0.29, 0.717) is 42.6 Å². The quantitative estimate of drug-likeness (QED) is 0.909. The largest absolute Gasteiger partial charge is 0.459 e. The number of piperazine rings is 1. The lowest BCUT2D eigenvalue weighted by Gasteiger charge is -2.37. The van der Waals surface area contributed by atoms with Gasteiger partial charge in [0.1, 0.15) is 0 Å². The van der Waals surface area contributed by atoms with Gasteiger partial charge in [-0.05, 0) is 31.2 Å². The minimum Gasteiger partial charge on any atom is -0.459 e. The van der Waals surface area contributed by atoms with Gasteiger partial charge in [-0.15, -0.1) is 0 Å². The highest BCUT2D eigenvalue weighted by Crippen LogP contribution is 2.21. The van der Waals surface area contributed by atoms with Crippen LogP contribution in [0.2, 0.25) is 5.02 Å². The molecule has 1 aromatic heterocycles. The van der Waals surface area contributed by atoms with Gasteiger partial charge in [0.2, 0.25) is 5.91 Å². The molecule has 1 fully saturated rings. The second-order valence-corrected chi connectivity index (χ2v) is 6.36. The van der Waals surface area contributed by atoms with E-state index in [1.54, 1.807) is 29.2 Å². The maximum atomic E-state index is 12.5. The smallest absolute Gasteiger partial charge is 0.289 e. The van der Waals surface area contributed by atoms with Gasteiger partial charge in [0.15, 0.2) is 5.76 Å². The van der Waals surface area contributed by atoms with Crippen molar-refractivity contribution >= 4 is 29.1 Å². The molecule has 0 radical (unpaired) electrons. The Morgan fingerprint density at radius 1 is 1.12 bits per heavy atom. The second-order valence-electron chi connectivity index (χ2n) is 5.95. The van der Waals surface area contributed by atoms with Crippen LogP contribution >= 0.6 is 11.6 Å². The van der Waals surface area contributed by atoms with Crippen LogP contribution in [0.1, 0.15) is 17.5 Å². The summed E-state index contributed by atoms with van der Waals surface area (Å²) in [7, 11) is 0. The third-order valence-corrected chi connectivity index (χ3v) is 4.72. The Balaban J connectivity index is 1.54. The first kappa shape index (κ1) is 17.5. The van der Waals surface area contributed by atoms with Gasteiger partial charge in [-0.1, -0.05) is 23.7 Å². The molecule has 2 aromatic rings. The zero-order valence-corrected chi connectivity index (χ0v) is 14.7. The number of nitrogens with one attached hydrogen (secondary N) is 1. The van der Waals surface area contributed by atoms with E-state index in [1.165, 1.54) is 6.26 Å². The number of hydrogen-bond acceptors (Lipinski definition) is 4. The number of nitrogens with zero attached hydrogens (tertiary/aromatic N) is 2. The summed E-state index contributed by atoms with van der Waals surface area (Å²) in [6.07, 6.45) is 1.49. The van der Waals surface area contributed by atoms with Crippen molar-refractivity contribution in [1.82, 2.24) is 9.80 Å². The summed E-state index contributed by atoms with van der Waals surface area (Å²) in [5.41, 5.74) is 0.604. The molecule has 7 heteroatoms. The van der Waals surface area contributed by atoms with Crippen LogP contribution in [0.4, 0.5) is 5.69 Å². The molecular weight excluding hydrogens is 342 g/mol. The van der Waals surface area contributed by atoms with Crippen LogP contribution in [0.25, 0.3) is 0 Å². The highest BCUT2D eigenvalue weighted by atomic mass is 35.5. The summed E-state index contributed by atoms with van der Waals surface area (Å²) >= 11 is 6.08. The summed E-state index contributed by atoms with van der Waals surface area (Å²) in [6, 6.07) is 10.2. The molecule has 6 nitrogen and oxygen atoms in total. The van der Waals surface area contributed by atoms with Crippen molar-refractivity contribution in [2.75, 3.05) is 31.5 Å². The number of hydrogen-bond donors (Lipinski definition) is 1. The molecular formula is C18H20ClN3O3. The number of rotatable bonds is 4. The monoisotopic (exact) mass is 361 g/mol. The Kier molecular flexibility index (Phi) is 5.40. The van der Waals surface area contributed by atoms with E-state index in [9.17, 15) is 9.59 Å². The molecule has 1 N–H and O–H groups in total. The maximum absolute atomic E-state index is 12.5. The lowest BCUT2D eigenvalue weighted by molar-refractivity contribution is -0.121. The molecule has 25 heavy (non-hydrogen) atoms. The Hall–Kier alpha value is -2.31. The normalized spacial score (nSPS) is 16.5. The van der Waals surface area contributed by atoms with Gasteiger partial charge in [-0.3, -0.25) is 14.5 Å². The van der Waals surface area contributed by atoms with Gasteiger partial charge in [0.25, 0.3) is 5.91 Å². The topological polar surface area (TPSA) is 65.8 Å². The van der Waals surface area contributed by atoms with Gasteiger partial charge < -0.3 is 14.6 Å². The molecule has 1 unspecified atom stereocenters. The average molecular weight is 362 g/mol. The molecule has 0 aliphatic carbocycles. The van der Waals surface area contributed by atoms with Gasteiger partial charge in [0, 0.05) is 26.2 Å². The first-order valence-electron chi connectivity index (χ1n) is 8.18. The number of halogens is 1. The molecule has 0 spiro atoms. The van der Waals surface area contributed by atoms with Crippen LogP contribution in [0.15, 0.2) is 47.1 Å².